The van der Waals surface area contributed by atoms with Crippen LogP contribution in [0.2, 0.25) is 0 Å². The van der Waals surface area contributed by atoms with E-state index in [1.807, 2.05) is 13.8 Å². The Labute approximate surface area is 279 Å². The Hall–Kier alpha value is -2.90. The van der Waals surface area contributed by atoms with Gasteiger partial charge in [0.05, 0.1) is 37.6 Å². The van der Waals surface area contributed by atoms with Crippen molar-refractivity contribution in [2.24, 2.45) is 0 Å². The summed E-state index contributed by atoms with van der Waals surface area (Å²) in [5, 5.41) is 0. The Morgan fingerprint density at radius 3 is 1.11 bits per heavy atom. The van der Waals surface area contributed by atoms with Crippen molar-refractivity contribution in [3.05, 3.63) is 35.4 Å². The first-order valence-corrected chi connectivity index (χ1v) is 18.2. The Morgan fingerprint density at radius 2 is 0.739 bits per heavy atom. The molecule has 0 saturated carbocycles. The second-order valence-corrected chi connectivity index (χ2v) is 11.7. The molecule has 8 nitrogen and oxygen atoms in total. The summed E-state index contributed by atoms with van der Waals surface area (Å²) in [5.41, 5.74) is 0.537. The number of hydrogen-bond acceptors (Lipinski definition) is 8. The van der Waals surface area contributed by atoms with Crippen molar-refractivity contribution >= 4 is 23.9 Å². The highest BCUT2D eigenvalue weighted by Crippen LogP contribution is 2.13. The zero-order valence-corrected chi connectivity index (χ0v) is 29.5. The molecule has 0 heterocycles. The van der Waals surface area contributed by atoms with Crippen LogP contribution in [0.4, 0.5) is 0 Å². The third kappa shape index (κ3) is 25.3. The van der Waals surface area contributed by atoms with E-state index in [1.54, 1.807) is 24.3 Å². The lowest BCUT2D eigenvalue weighted by Crippen LogP contribution is -2.14. The molecule has 0 fully saturated rings. The molecule has 0 saturated heterocycles. The summed E-state index contributed by atoms with van der Waals surface area (Å²) in [6.45, 7) is 10.3. The number of carbonyl (C=O) groups excluding carboxylic acids is 4. The summed E-state index contributed by atoms with van der Waals surface area (Å²) in [4.78, 5) is 47.1. The molecule has 0 aliphatic rings. The Balaban J connectivity index is 0.000000909. The SMILES string of the molecule is CCCCCCCCOC(=O)CCCCC(=O)OCCCCCCCC.CCCCOC(=O)c1ccccc1C(=O)OCCCC. The van der Waals surface area contributed by atoms with Gasteiger partial charge in [0.2, 0.25) is 0 Å². The smallest absolute Gasteiger partial charge is 0.339 e. The summed E-state index contributed by atoms with van der Waals surface area (Å²) in [6.07, 6.45) is 20.0. The van der Waals surface area contributed by atoms with Crippen molar-refractivity contribution < 1.29 is 38.1 Å². The van der Waals surface area contributed by atoms with E-state index in [9.17, 15) is 19.2 Å². The normalized spacial score (nSPS) is 10.4. The highest BCUT2D eigenvalue weighted by atomic mass is 16.5. The first kappa shape index (κ1) is 43.1. The first-order chi connectivity index (χ1) is 22.4. The quantitative estimate of drug-likeness (QED) is 0.0527. The number of unbranched alkanes of at least 4 members (excludes halogenated alkanes) is 13. The minimum absolute atomic E-state index is 0.140. The maximum atomic E-state index is 11.9. The Morgan fingerprint density at radius 1 is 0.413 bits per heavy atom. The third-order valence-electron chi connectivity index (χ3n) is 7.36. The molecule has 46 heavy (non-hydrogen) atoms. The fourth-order valence-electron chi connectivity index (χ4n) is 4.43. The molecule has 0 unspecified atom stereocenters. The van der Waals surface area contributed by atoms with Crippen LogP contribution >= 0.6 is 0 Å². The van der Waals surface area contributed by atoms with Crippen molar-refractivity contribution in [2.45, 2.75) is 156 Å². The van der Waals surface area contributed by atoms with Crippen molar-refractivity contribution in [1.29, 1.82) is 0 Å². The molecular formula is C38H64O8. The van der Waals surface area contributed by atoms with Gasteiger partial charge >= 0.3 is 23.9 Å². The van der Waals surface area contributed by atoms with E-state index in [1.165, 1.54) is 51.4 Å². The fourth-order valence-corrected chi connectivity index (χ4v) is 4.43. The van der Waals surface area contributed by atoms with E-state index in [4.69, 9.17) is 18.9 Å². The standard InChI is InChI=1S/C22H42O4.C16H22O4/c1-3-5-7-9-11-15-19-25-21(23)17-13-14-18-22(24)26-20-16-12-10-8-6-4-2;1-3-5-11-19-15(17)13-9-7-8-10-14(13)16(18)20-12-6-4-2/h3-20H2,1-2H3;7-10H,3-6,11-12H2,1-2H3. The van der Waals surface area contributed by atoms with E-state index >= 15 is 0 Å². The van der Waals surface area contributed by atoms with Crippen LogP contribution in [0.1, 0.15) is 177 Å². The van der Waals surface area contributed by atoms with Crippen molar-refractivity contribution in [1.82, 2.24) is 0 Å². The molecule has 1 rings (SSSR count). The van der Waals surface area contributed by atoms with Crippen LogP contribution in [0.25, 0.3) is 0 Å². The molecule has 1 aromatic rings. The van der Waals surface area contributed by atoms with E-state index in [-0.39, 0.29) is 23.1 Å². The molecule has 0 aliphatic heterocycles. The highest BCUT2D eigenvalue weighted by molar-refractivity contribution is 6.03. The predicted octanol–water partition coefficient (Wildman–Crippen LogP) is 9.95. The zero-order chi connectivity index (χ0) is 34.1. The monoisotopic (exact) mass is 648 g/mol. The lowest BCUT2D eigenvalue weighted by atomic mass is 10.1. The first-order valence-electron chi connectivity index (χ1n) is 18.2. The van der Waals surface area contributed by atoms with Crippen LogP contribution in [0, 0.1) is 0 Å². The zero-order valence-electron chi connectivity index (χ0n) is 29.5. The van der Waals surface area contributed by atoms with Gasteiger partial charge in [-0.15, -0.1) is 0 Å². The van der Waals surface area contributed by atoms with Gasteiger partial charge in [-0.1, -0.05) is 117 Å². The highest BCUT2D eigenvalue weighted by Gasteiger charge is 2.18. The Kier molecular flexibility index (Phi) is 30.0. The summed E-state index contributed by atoms with van der Waals surface area (Å²) in [5.74, 6) is -1.22. The van der Waals surface area contributed by atoms with Gasteiger partial charge < -0.3 is 18.9 Å². The molecule has 0 amide bonds. The van der Waals surface area contributed by atoms with E-state index in [0.717, 1.165) is 51.4 Å². The van der Waals surface area contributed by atoms with Crippen LogP contribution in [-0.2, 0) is 28.5 Å². The lowest BCUT2D eigenvalue weighted by Gasteiger charge is -2.09. The van der Waals surface area contributed by atoms with Gasteiger partial charge in [-0.2, -0.15) is 0 Å². The molecule has 1 aromatic carbocycles. The molecule has 0 radical (unpaired) electrons. The summed E-state index contributed by atoms with van der Waals surface area (Å²) < 4.78 is 20.7. The van der Waals surface area contributed by atoms with Crippen LogP contribution in [-0.4, -0.2) is 50.3 Å². The van der Waals surface area contributed by atoms with Crippen molar-refractivity contribution in [3.8, 4) is 0 Å². The molecule has 0 bridgehead atoms. The number of benzene rings is 1. The molecule has 0 aromatic heterocycles. The molecule has 0 aliphatic carbocycles. The topological polar surface area (TPSA) is 105 Å². The van der Waals surface area contributed by atoms with Gasteiger partial charge in [-0.05, 0) is 50.7 Å². The van der Waals surface area contributed by atoms with Crippen LogP contribution in [0.5, 0.6) is 0 Å². The number of esters is 4. The predicted molar refractivity (Wildman–Crippen MR) is 184 cm³/mol. The van der Waals surface area contributed by atoms with Gasteiger partial charge in [-0.25, -0.2) is 9.59 Å². The lowest BCUT2D eigenvalue weighted by molar-refractivity contribution is -0.146. The summed E-state index contributed by atoms with van der Waals surface area (Å²) in [6, 6.07) is 6.59. The van der Waals surface area contributed by atoms with Gasteiger partial charge in [0, 0.05) is 12.8 Å². The molecule has 0 spiro atoms. The van der Waals surface area contributed by atoms with Gasteiger partial charge in [0.1, 0.15) is 0 Å². The maximum Gasteiger partial charge on any atom is 0.339 e. The van der Waals surface area contributed by atoms with E-state index < -0.39 is 11.9 Å². The average Bonchev–Trinajstić information content (AvgIpc) is 3.06. The van der Waals surface area contributed by atoms with Crippen LogP contribution in [0.3, 0.4) is 0 Å². The summed E-state index contributed by atoms with van der Waals surface area (Å²) in [7, 11) is 0. The molecule has 0 N–H and O–H groups in total. The minimum Gasteiger partial charge on any atom is -0.466 e. The number of carbonyl (C=O) groups is 4. The molecule has 0 atom stereocenters. The third-order valence-corrected chi connectivity index (χ3v) is 7.36. The molecule has 264 valence electrons. The molecule has 8 heteroatoms. The van der Waals surface area contributed by atoms with Gasteiger partial charge in [0.25, 0.3) is 0 Å². The number of hydrogen-bond donors (Lipinski definition) is 0. The fraction of sp³-hybridized carbons (Fsp3) is 0.737. The van der Waals surface area contributed by atoms with Crippen molar-refractivity contribution in [3.63, 3.8) is 0 Å². The Bertz CT molecular complexity index is 841. The number of ether oxygens (including phenoxy) is 4. The van der Waals surface area contributed by atoms with E-state index in [2.05, 4.69) is 13.8 Å². The van der Waals surface area contributed by atoms with Gasteiger partial charge in [-0.3, -0.25) is 9.59 Å². The summed E-state index contributed by atoms with van der Waals surface area (Å²) >= 11 is 0. The molecular weight excluding hydrogens is 584 g/mol. The minimum atomic E-state index is -0.471. The second kappa shape index (κ2) is 32.1. The number of rotatable bonds is 27. The average molecular weight is 649 g/mol. The van der Waals surface area contributed by atoms with E-state index in [0.29, 0.717) is 52.1 Å². The largest absolute Gasteiger partial charge is 0.466 e. The maximum absolute atomic E-state index is 11.9. The van der Waals surface area contributed by atoms with Crippen molar-refractivity contribution in [2.75, 3.05) is 26.4 Å². The second-order valence-electron chi connectivity index (χ2n) is 11.7. The van der Waals surface area contributed by atoms with Crippen LogP contribution in [0.15, 0.2) is 24.3 Å². The van der Waals surface area contributed by atoms with Crippen LogP contribution < -0.4 is 0 Å². The van der Waals surface area contributed by atoms with Gasteiger partial charge in [0.15, 0.2) is 0 Å².